The minimum Gasteiger partial charge on any atom is -0.343 e. The third kappa shape index (κ3) is 4.28. The Kier molecular flexibility index (Phi) is 6.23. The highest BCUT2D eigenvalue weighted by Crippen LogP contribution is 2.20. The summed E-state index contributed by atoms with van der Waals surface area (Å²) in [7, 11) is 0. The van der Waals surface area contributed by atoms with Crippen LogP contribution in [0.3, 0.4) is 0 Å². The molecular formula is C18H23FN4O. The lowest BCUT2D eigenvalue weighted by Gasteiger charge is -2.18. The van der Waals surface area contributed by atoms with Crippen LogP contribution in [0.4, 0.5) is 15.9 Å². The van der Waals surface area contributed by atoms with Crippen molar-refractivity contribution in [3.05, 3.63) is 47.7 Å². The molecule has 2 rings (SSSR count). The Labute approximate surface area is 141 Å². The van der Waals surface area contributed by atoms with Crippen LogP contribution in [0.2, 0.25) is 0 Å². The van der Waals surface area contributed by atoms with E-state index in [-0.39, 0.29) is 11.7 Å². The molecule has 0 saturated carbocycles. The van der Waals surface area contributed by atoms with Crippen molar-refractivity contribution in [3.63, 3.8) is 0 Å². The van der Waals surface area contributed by atoms with Gasteiger partial charge in [0.05, 0.1) is 12.1 Å². The molecule has 0 spiro atoms. The van der Waals surface area contributed by atoms with Crippen molar-refractivity contribution < 1.29 is 9.18 Å². The fraction of sp³-hybridized carbons (Fsp3) is 0.389. The molecule has 0 aliphatic carbocycles. The molecule has 0 atom stereocenters. The molecule has 0 radical (unpaired) electrons. The van der Waals surface area contributed by atoms with Gasteiger partial charge in [0, 0.05) is 18.8 Å². The molecule has 0 aliphatic heterocycles. The molecule has 2 aromatic rings. The van der Waals surface area contributed by atoms with E-state index in [0.29, 0.717) is 37.3 Å². The van der Waals surface area contributed by atoms with Crippen LogP contribution in [-0.4, -0.2) is 33.9 Å². The third-order valence-electron chi connectivity index (χ3n) is 3.88. The average Bonchev–Trinajstić information content (AvgIpc) is 2.59. The summed E-state index contributed by atoms with van der Waals surface area (Å²) in [5, 5.41) is 2.95. The molecule has 0 aliphatic rings. The van der Waals surface area contributed by atoms with Gasteiger partial charge < -0.3 is 10.2 Å². The molecular weight excluding hydrogens is 307 g/mol. The maximum Gasteiger partial charge on any atom is 0.226 e. The van der Waals surface area contributed by atoms with E-state index in [9.17, 15) is 9.18 Å². The van der Waals surface area contributed by atoms with E-state index in [4.69, 9.17) is 0 Å². The predicted octanol–water partition coefficient (Wildman–Crippen LogP) is 3.33. The van der Waals surface area contributed by atoms with Gasteiger partial charge in [-0.25, -0.2) is 14.4 Å². The highest BCUT2D eigenvalue weighted by atomic mass is 19.1. The van der Waals surface area contributed by atoms with Gasteiger partial charge in [0.15, 0.2) is 11.6 Å². The zero-order valence-corrected chi connectivity index (χ0v) is 14.3. The van der Waals surface area contributed by atoms with Crippen LogP contribution < -0.4 is 5.32 Å². The topological polar surface area (TPSA) is 58.1 Å². The van der Waals surface area contributed by atoms with Gasteiger partial charge >= 0.3 is 0 Å². The molecule has 1 aromatic heterocycles. The first-order valence-electron chi connectivity index (χ1n) is 8.22. The zero-order chi connectivity index (χ0) is 17.5. The standard InChI is InChI=1S/C18H23FN4O/c1-4-15-17(19)18(21-12-20-15)22-14-9-7-13(8-10-14)11-16(24)23(5-2)6-3/h7-10,12H,4-6,11H2,1-3H3,(H,20,21,22). The highest BCUT2D eigenvalue weighted by Gasteiger charge is 2.11. The number of benzene rings is 1. The number of anilines is 2. The molecule has 0 fully saturated rings. The second-order valence-corrected chi connectivity index (χ2v) is 5.40. The first kappa shape index (κ1) is 17.8. The fourth-order valence-corrected chi connectivity index (χ4v) is 2.45. The largest absolute Gasteiger partial charge is 0.343 e. The van der Waals surface area contributed by atoms with Gasteiger partial charge in [0.1, 0.15) is 6.33 Å². The van der Waals surface area contributed by atoms with E-state index in [2.05, 4.69) is 15.3 Å². The summed E-state index contributed by atoms with van der Waals surface area (Å²) in [5.74, 6) is -0.162. The Morgan fingerprint density at radius 3 is 2.38 bits per heavy atom. The van der Waals surface area contributed by atoms with E-state index < -0.39 is 5.82 Å². The minimum absolute atomic E-state index is 0.107. The predicted molar refractivity (Wildman–Crippen MR) is 92.7 cm³/mol. The van der Waals surface area contributed by atoms with E-state index in [1.165, 1.54) is 6.33 Å². The summed E-state index contributed by atoms with van der Waals surface area (Å²) in [6, 6.07) is 7.36. The van der Waals surface area contributed by atoms with Gasteiger partial charge in [-0.15, -0.1) is 0 Å². The third-order valence-corrected chi connectivity index (χ3v) is 3.88. The van der Waals surface area contributed by atoms with Crippen molar-refractivity contribution in [2.45, 2.75) is 33.6 Å². The van der Waals surface area contributed by atoms with Crippen LogP contribution in [0.5, 0.6) is 0 Å². The number of aryl methyl sites for hydroxylation is 1. The Hall–Kier alpha value is -2.50. The number of halogens is 1. The first-order chi connectivity index (χ1) is 11.6. The van der Waals surface area contributed by atoms with Gasteiger partial charge in [0.2, 0.25) is 5.91 Å². The Morgan fingerprint density at radius 1 is 1.12 bits per heavy atom. The summed E-state index contributed by atoms with van der Waals surface area (Å²) in [5.41, 5.74) is 2.03. The van der Waals surface area contributed by atoms with E-state index in [0.717, 1.165) is 5.56 Å². The van der Waals surface area contributed by atoms with Gasteiger partial charge in [-0.05, 0) is 38.0 Å². The number of hydrogen-bond donors (Lipinski definition) is 1. The molecule has 1 amide bonds. The Bertz CT molecular complexity index is 684. The van der Waals surface area contributed by atoms with E-state index >= 15 is 0 Å². The van der Waals surface area contributed by atoms with Crippen LogP contribution in [-0.2, 0) is 17.6 Å². The molecule has 1 heterocycles. The zero-order valence-electron chi connectivity index (χ0n) is 14.3. The molecule has 1 aromatic carbocycles. The lowest BCUT2D eigenvalue weighted by molar-refractivity contribution is -0.130. The molecule has 24 heavy (non-hydrogen) atoms. The lowest BCUT2D eigenvalue weighted by Crippen LogP contribution is -2.31. The van der Waals surface area contributed by atoms with Gasteiger partial charge in [-0.3, -0.25) is 4.79 Å². The molecule has 0 saturated heterocycles. The number of nitrogens with one attached hydrogen (secondary N) is 1. The van der Waals surface area contributed by atoms with Crippen LogP contribution in [0.25, 0.3) is 0 Å². The van der Waals surface area contributed by atoms with Gasteiger partial charge in [0.25, 0.3) is 0 Å². The number of rotatable bonds is 7. The SMILES string of the molecule is CCc1ncnc(Nc2ccc(CC(=O)N(CC)CC)cc2)c1F. The minimum atomic E-state index is -0.430. The van der Waals surface area contributed by atoms with Crippen molar-refractivity contribution in [3.8, 4) is 0 Å². The van der Waals surface area contributed by atoms with E-state index in [1.807, 2.05) is 45.0 Å². The molecule has 5 nitrogen and oxygen atoms in total. The van der Waals surface area contributed by atoms with Crippen molar-refractivity contribution >= 4 is 17.4 Å². The summed E-state index contributed by atoms with van der Waals surface area (Å²) in [4.78, 5) is 21.8. The molecule has 6 heteroatoms. The summed E-state index contributed by atoms with van der Waals surface area (Å²) in [6.07, 6.45) is 2.22. The van der Waals surface area contributed by atoms with Gasteiger partial charge in [-0.2, -0.15) is 0 Å². The van der Waals surface area contributed by atoms with Crippen LogP contribution >= 0.6 is 0 Å². The van der Waals surface area contributed by atoms with Crippen molar-refractivity contribution in [1.29, 1.82) is 0 Å². The average molecular weight is 330 g/mol. The van der Waals surface area contributed by atoms with Crippen LogP contribution in [0.1, 0.15) is 32.0 Å². The molecule has 1 N–H and O–H groups in total. The number of amides is 1. The number of aromatic nitrogens is 2. The summed E-state index contributed by atoms with van der Waals surface area (Å²) < 4.78 is 14.1. The number of hydrogen-bond acceptors (Lipinski definition) is 4. The van der Waals surface area contributed by atoms with Crippen molar-refractivity contribution in [2.75, 3.05) is 18.4 Å². The number of carbonyl (C=O) groups is 1. The number of carbonyl (C=O) groups excluding carboxylic acids is 1. The monoisotopic (exact) mass is 330 g/mol. The van der Waals surface area contributed by atoms with Gasteiger partial charge in [-0.1, -0.05) is 19.1 Å². The molecule has 128 valence electrons. The maximum atomic E-state index is 14.1. The first-order valence-corrected chi connectivity index (χ1v) is 8.22. The fourth-order valence-electron chi connectivity index (χ4n) is 2.45. The van der Waals surface area contributed by atoms with Crippen molar-refractivity contribution in [1.82, 2.24) is 14.9 Å². The number of likely N-dealkylation sites (N-methyl/N-ethyl adjacent to an activating group) is 1. The van der Waals surface area contributed by atoms with Crippen molar-refractivity contribution in [2.24, 2.45) is 0 Å². The summed E-state index contributed by atoms with van der Waals surface area (Å²) in [6.45, 7) is 7.20. The van der Waals surface area contributed by atoms with E-state index in [1.54, 1.807) is 4.90 Å². The van der Waals surface area contributed by atoms with Crippen LogP contribution in [0.15, 0.2) is 30.6 Å². The highest BCUT2D eigenvalue weighted by molar-refractivity contribution is 5.78. The quantitative estimate of drug-likeness (QED) is 0.846. The maximum absolute atomic E-state index is 14.1. The number of nitrogens with zero attached hydrogens (tertiary/aromatic N) is 3. The second kappa shape index (κ2) is 8.38. The normalized spacial score (nSPS) is 10.5. The molecule has 0 unspecified atom stereocenters. The second-order valence-electron chi connectivity index (χ2n) is 5.40. The lowest BCUT2D eigenvalue weighted by atomic mass is 10.1. The smallest absolute Gasteiger partial charge is 0.226 e. The molecule has 0 bridgehead atoms. The Balaban J connectivity index is 2.06. The summed E-state index contributed by atoms with van der Waals surface area (Å²) >= 11 is 0. The van der Waals surface area contributed by atoms with Crippen LogP contribution in [0, 0.1) is 5.82 Å². The Morgan fingerprint density at radius 2 is 1.79 bits per heavy atom.